The van der Waals surface area contributed by atoms with Crippen LogP contribution in [-0.4, -0.2) is 54.3 Å². The molecule has 0 radical (unpaired) electrons. The van der Waals surface area contributed by atoms with Crippen molar-refractivity contribution in [3.8, 4) is 0 Å². The zero-order chi connectivity index (χ0) is 15.7. The fourth-order valence-corrected chi connectivity index (χ4v) is 3.50. The van der Waals surface area contributed by atoms with E-state index in [0.29, 0.717) is 5.92 Å². The van der Waals surface area contributed by atoms with Crippen molar-refractivity contribution >= 4 is 5.82 Å². The Morgan fingerprint density at radius 2 is 2.00 bits per heavy atom. The molecular weight excluding hydrogens is 288 g/mol. The molecule has 0 bridgehead atoms. The number of hydrogen-bond donors (Lipinski definition) is 1. The molecule has 1 aromatic rings. The van der Waals surface area contributed by atoms with E-state index in [4.69, 9.17) is 4.74 Å². The molecule has 2 aliphatic heterocycles. The first-order valence-corrected chi connectivity index (χ1v) is 9.28. The summed E-state index contributed by atoms with van der Waals surface area (Å²) >= 11 is 0. The molecule has 0 saturated carbocycles. The van der Waals surface area contributed by atoms with Gasteiger partial charge in [-0.3, -0.25) is 0 Å². The second-order valence-corrected chi connectivity index (χ2v) is 6.78. The predicted molar refractivity (Wildman–Crippen MR) is 92.8 cm³/mol. The average Bonchev–Trinajstić information content (AvgIpc) is 3.00. The third-order valence-corrected chi connectivity index (χ3v) is 4.94. The van der Waals surface area contributed by atoms with E-state index in [0.717, 1.165) is 37.7 Å². The van der Waals surface area contributed by atoms with Crippen LogP contribution in [0.5, 0.6) is 0 Å². The van der Waals surface area contributed by atoms with Gasteiger partial charge in [-0.1, -0.05) is 12.8 Å². The van der Waals surface area contributed by atoms with Crippen molar-refractivity contribution in [1.82, 2.24) is 14.9 Å². The topological polar surface area (TPSA) is 50.3 Å². The van der Waals surface area contributed by atoms with Crippen LogP contribution in [0.1, 0.15) is 56.6 Å². The second-order valence-electron chi connectivity index (χ2n) is 6.78. The van der Waals surface area contributed by atoms with Gasteiger partial charge >= 0.3 is 0 Å². The summed E-state index contributed by atoms with van der Waals surface area (Å²) in [5.74, 6) is 1.40. The number of likely N-dealkylation sites (tertiary alicyclic amines) is 1. The molecule has 0 spiro atoms. The molecule has 0 unspecified atom stereocenters. The first-order chi connectivity index (χ1) is 11.4. The average molecular weight is 318 g/mol. The van der Waals surface area contributed by atoms with Gasteiger partial charge in [0, 0.05) is 25.1 Å². The molecule has 2 fully saturated rings. The van der Waals surface area contributed by atoms with Crippen LogP contribution < -0.4 is 5.32 Å². The largest absolute Gasteiger partial charge is 0.381 e. The highest BCUT2D eigenvalue weighted by atomic mass is 16.5. The lowest BCUT2D eigenvalue weighted by atomic mass is 10.1. The second kappa shape index (κ2) is 9.18. The van der Waals surface area contributed by atoms with Crippen LogP contribution in [0.25, 0.3) is 0 Å². The maximum Gasteiger partial charge on any atom is 0.129 e. The van der Waals surface area contributed by atoms with E-state index in [-0.39, 0.29) is 0 Å². The number of hydrogen-bond acceptors (Lipinski definition) is 5. The highest BCUT2D eigenvalue weighted by Crippen LogP contribution is 2.24. The zero-order valence-corrected chi connectivity index (χ0v) is 14.2. The minimum absolute atomic E-state index is 0.446. The van der Waals surface area contributed by atoms with Crippen molar-refractivity contribution in [2.45, 2.75) is 50.9 Å². The van der Waals surface area contributed by atoms with Crippen molar-refractivity contribution < 1.29 is 4.74 Å². The third kappa shape index (κ3) is 5.43. The van der Waals surface area contributed by atoms with E-state index in [9.17, 15) is 0 Å². The minimum Gasteiger partial charge on any atom is -0.381 e. The Hall–Kier alpha value is -1.20. The molecule has 23 heavy (non-hydrogen) atoms. The van der Waals surface area contributed by atoms with E-state index in [1.165, 1.54) is 58.2 Å². The molecule has 0 aromatic carbocycles. The van der Waals surface area contributed by atoms with Crippen LogP contribution in [0.15, 0.2) is 12.4 Å². The smallest absolute Gasteiger partial charge is 0.129 e. The Kier molecular flexibility index (Phi) is 6.65. The quantitative estimate of drug-likeness (QED) is 0.783. The van der Waals surface area contributed by atoms with Gasteiger partial charge in [0.25, 0.3) is 0 Å². The molecule has 3 heterocycles. The Morgan fingerprint density at radius 3 is 2.78 bits per heavy atom. The molecule has 128 valence electrons. The molecule has 2 aliphatic rings. The highest BCUT2D eigenvalue weighted by Gasteiger charge is 2.19. The fourth-order valence-electron chi connectivity index (χ4n) is 3.50. The van der Waals surface area contributed by atoms with Crippen LogP contribution in [0, 0.1) is 0 Å². The summed E-state index contributed by atoms with van der Waals surface area (Å²) in [5, 5.41) is 3.45. The fraction of sp³-hybridized carbons (Fsp3) is 0.778. The van der Waals surface area contributed by atoms with Gasteiger partial charge in [-0.25, -0.2) is 9.97 Å². The molecule has 0 aliphatic carbocycles. The number of ether oxygens (including phenoxy) is 1. The molecule has 1 aromatic heterocycles. The molecule has 2 saturated heterocycles. The van der Waals surface area contributed by atoms with Gasteiger partial charge in [-0.2, -0.15) is 0 Å². The van der Waals surface area contributed by atoms with Crippen LogP contribution in [-0.2, 0) is 4.74 Å². The number of nitrogens with one attached hydrogen (secondary N) is 1. The summed E-state index contributed by atoms with van der Waals surface area (Å²) in [6.07, 6.45) is 10.8. The Bertz CT molecular complexity index is 454. The van der Waals surface area contributed by atoms with Crippen molar-refractivity contribution in [2.75, 3.05) is 44.7 Å². The SMILES string of the molecule is c1nc(NCCCCN2CCCCCC2)cc([C@H]2CCOC2)n1. The maximum atomic E-state index is 5.45. The number of anilines is 1. The summed E-state index contributed by atoms with van der Waals surface area (Å²) < 4.78 is 5.45. The summed E-state index contributed by atoms with van der Waals surface area (Å²) in [6.45, 7) is 6.49. The summed E-state index contributed by atoms with van der Waals surface area (Å²) in [4.78, 5) is 11.4. The lowest BCUT2D eigenvalue weighted by molar-refractivity contribution is 0.193. The third-order valence-electron chi connectivity index (χ3n) is 4.94. The van der Waals surface area contributed by atoms with Crippen molar-refractivity contribution in [3.63, 3.8) is 0 Å². The number of nitrogens with zero attached hydrogens (tertiary/aromatic N) is 3. The van der Waals surface area contributed by atoms with Crippen molar-refractivity contribution in [3.05, 3.63) is 18.1 Å². The summed E-state index contributed by atoms with van der Waals surface area (Å²) in [5.41, 5.74) is 1.12. The lowest BCUT2D eigenvalue weighted by Gasteiger charge is -2.19. The van der Waals surface area contributed by atoms with Crippen LogP contribution in [0.3, 0.4) is 0 Å². The lowest BCUT2D eigenvalue weighted by Crippen LogP contribution is -2.26. The van der Waals surface area contributed by atoms with Gasteiger partial charge in [0.2, 0.25) is 0 Å². The van der Waals surface area contributed by atoms with E-state index < -0.39 is 0 Å². The van der Waals surface area contributed by atoms with Gasteiger partial charge in [0.05, 0.1) is 12.3 Å². The van der Waals surface area contributed by atoms with Crippen molar-refractivity contribution in [1.29, 1.82) is 0 Å². The van der Waals surface area contributed by atoms with E-state index in [2.05, 4.69) is 26.3 Å². The normalized spacial score (nSPS) is 22.9. The zero-order valence-electron chi connectivity index (χ0n) is 14.2. The molecule has 5 heteroatoms. The molecular formula is C18H30N4O. The molecule has 5 nitrogen and oxygen atoms in total. The van der Waals surface area contributed by atoms with E-state index >= 15 is 0 Å². The maximum absolute atomic E-state index is 5.45. The Balaban J connectivity index is 1.34. The van der Waals surface area contributed by atoms with Crippen LogP contribution in [0.4, 0.5) is 5.82 Å². The van der Waals surface area contributed by atoms with Gasteiger partial charge in [-0.05, 0) is 51.7 Å². The van der Waals surface area contributed by atoms with Gasteiger partial charge < -0.3 is 15.0 Å². The molecule has 1 atom stereocenters. The number of rotatable bonds is 7. The summed E-state index contributed by atoms with van der Waals surface area (Å²) in [6, 6.07) is 2.09. The molecule has 3 rings (SSSR count). The number of aromatic nitrogens is 2. The minimum atomic E-state index is 0.446. The van der Waals surface area contributed by atoms with E-state index in [1.54, 1.807) is 6.33 Å². The Morgan fingerprint density at radius 1 is 1.13 bits per heavy atom. The van der Waals surface area contributed by atoms with Crippen LogP contribution >= 0.6 is 0 Å². The molecule has 0 amide bonds. The first kappa shape index (κ1) is 16.7. The molecule has 1 N–H and O–H groups in total. The van der Waals surface area contributed by atoms with Gasteiger partial charge in [0.15, 0.2) is 0 Å². The monoisotopic (exact) mass is 318 g/mol. The van der Waals surface area contributed by atoms with Gasteiger partial charge in [0.1, 0.15) is 12.1 Å². The highest BCUT2D eigenvalue weighted by molar-refractivity contribution is 5.35. The number of unbranched alkanes of at least 4 members (excludes halogenated alkanes) is 1. The summed E-state index contributed by atoms with van der Waals surface area (Å²) in [7, 11) is 0. The van der Waals surface area contributed by atoms with Gasteiger partial charge in [-0.15, -0.1) is 0 Å². The standard InChI is InChI=1S/C18H30N4O/c1-2-5-10-22(9-4-1)11-6-3-8-19-18-13-17(20-15-21-18)16-7-12-23-14-16/h13,15-16H,1-12,14H2,(H,19,20,21)/t16-/m0/s1. The van der Waals surface area contributed by atoms with E-state index in [1.807, 2.05) is 0 Å². The van der Waals surface area contributed by atoms with Crippen LogP contribution in [0.2, 0.25) is 0 Å². The van der Waals surface area contributed by atoms with Crippen molar-refractivity contribution in [2.24, 2.45) is 0 Å². The first-order valence-electron chi connectivity index (χ1n) is 9.28. The predicted octanol–water partition coefficient (Wildman–Crippen LogP) is 3.05. The Labute approximate surface area is 139 Å².